The van der Waals surface area contributed by atoms with E-state index in [2.05, 4.69) is 0 Å². The van der Waals surface area contributed by atoms with E-state index in [9.17, 15) is 10.0 Å². The van der Waals surface area contributed by atoms with Crippen molar-refractivity contribution in [3.05, 3.63) is 23.8 Å². The van der Waals surface area contributed by atoms with E-state index >= 15 is 0 Å². The summed E-state index contributed by atoms with van der Waals surface area (Å²) in [7, 11) is -0.0120. The van der Waals surface area contributed by atoms with E-state index in [1.807, 2.05) is 6.07 Å². The maximum Gasteiger partial charge on any atom is 0.492 e. The van der Waals surface area contributed by atoms with Crippen LogP contribution in [0.5, 0.6) is 5.75 Å². The number of ether oxygens (including phenoxy) is 2. The van der Waals surface area contributed by atoms with Crippen LogP contribution < -0.4 is 10.2 Å². The molecule has 0 aliphatic heterocycles. The molecule has 2 N–H and O–H groups in total. The number of benzene rings is 1. The Morgan fingerprint density at radius 1 is 1.26 bits per heavy atom. The third-order valence-corrected chi connectivity index (χ3v) is 3.67. The topological polar surface area (TPSA) is 58.9 Å². The molecule has 19 heavy (non-hydrogen) atoms. The minimum atomic E-state index is -1.52. The van der Waals surface area contributed by atoms with Crippen LogP contribution >= 0.6 is 0 Å². The van der Waals surface area contributed by atoms with Crippen LogP contribution in [0.1, 0.15) is 31.2 Å². The van der Waals surface area contributed by atoms with Crippen LogP contribution in [-0.2, 0) is 11.3 Å². The average Bonchev–Trinajstić information content (AvgIpc) is 2.91. The van der Waals surface area contributed by atoms with Crippen LogP contribution in [0.4, 0.5) is 0 Å². The lowest BCUT2D eigenvalue weighted by atomic mass is 9.79. The Kier molecular flexibility index (Phi) is 5.25. The fourth-order valence-electron chi connectivity index (χ4n) is 2.60. The zero-order valence-corrected chi connectivity index (χ0v) is 11.3. The van der Waals surface area contributed by atoms with Gasteiger partial charge >= 0.3 is 7.12 Å². The van der Waals surface area contributed by atoms with Crippen molar-refractivity contribution < 1.29 is 19.5 Å². The summed E-state index contributed by atoms with van der Waals surface area (Å²) in [6.45, 7) is 1.29. The van der Waals surface area contributed by atoms with Gasteiger partial charge in [0.05, 0.1) is 13.7 Å². The Balaban J connectivity index is 1.90. The van der Waals surface area contributed by atoms with Gasteiger partial charge in [-0.15, -0.1) is 0 Å². The molecule has 2 rings (SSSR count). The summed E-state index contributed by atoms with van der Waals surface area (Å²) >= 11 is 0. The van der Waals surface area contributed by atoms with Crippen molar-refractivity contribution in [1.82, 2.24) is 0 Å². The van der Waals surface area contributed by atoms with Crippen LogP contribution in [0.3, 0.4) is 0 Å². The van der Waals surface area contributed by atoms with Crippen molar-refractivity contribution in [3.63, 3.8) is 0 Å². The third kappa shape index (κ3) is 3.96. The quantitative estimate of drug-likeness (QED) is 0.755. The van der Waals surface area contributed by atoms with Gasteiger partial charge in [0.25, 0.3) is 0 Å². The smallest absolute Gasteiger partial charge is 0.492 e. The van der Waals surface area contributed by atoms with Crippen molar-refractivity contribution in [2.75, 3.05) is 13.7 Å². The summed E-state index contributed by atoms with van der Waals surface area (Å²) in [4.78, 5) is 0. The Morgan fingerprint density at radius 2 is 2.00 bits per heavy atom. The molecule has 0 aromatic heterocycles. The molecular formula is C14H21BO4. The van der Waals surface area contributed by atoms with Crippen molar-refractivity contribution in [2.24, 2.45) is 5.92 Å². The standard InChI is InChI=1S/C14H21BO4/c1-18-14-7-6-12(8-13(14)15(16)17)10-19-9-11-4-2-3-5-11/h6-8,11,16-17H,2-5,9-10H2,1H3. The first-order valence-electron chi connectivity index (χ1n) is 6.81. The first-order chi connectivity index (χ1) is 9.20. The van der Waals surface area contributed by atoms with Gasteiger partial charge in [0.15, 0.2) is 0 Å². The zero-order chi connectivity index (χ0) is 13.7. The second-order valence-electron chi connectivity index (χ2n) is 5.12. The fraction of sp³-hybridized carbons (Fsp3) is 0.571. The van der Waals surface area contributed by atoms with Gasteiger partial charge in [0.2, 0.25) is 0 Å². The molecule has 1 saturated carbocycles. The molecule has 1 aromatic carbocycles. The molecule has 1 fully saturated rings. The van der Waals surface area contributed by atoms with Gasteiger partial charge in [-0.1, -0.05) is 25.0 Å². The highest BCUT2D eigenvalue weighted by Crippen LogP contribution is 2.25. The average molecular weight is 264 g/mol. The van der Waals surface area contributed by atoms with Crippen LogP contribution in [0.25, 0.3) is 0 Å². The van der Waals surface area contributed by atoms with Gasteiger partial charge in [-0.25, -0.2) is 0 Å². The number of rotatable bonds is 6. The monoisotopic (exact) mass is 264 g/mol. The lowest BCUT2D eigenvalue weighted by Crippen LogP contribution is -2.31. The zero-order valence-electron chi connectivity index (χ0n) is 11.3. The Bertz CT molecular complexity index is 402. The highest BCUT2D eigenvalue weighted by molar-refractivity contribution is 6.59. The second kappa shape index (κ2) is 6.94. The van der Waals surface area contributed by atoms with E-state index in [-0.39, 0.29) is 0 Å². The Hall–Kier alpha value is -1.04. The molecule has 5 heteroatoms. The molecular weight excluding hydrogens is 243 g/mol. The highest BCUT2D eigenvalue weighted by atomic mass is 16.5. The molecule has 1 aromatic rings. The lowest BCUT2D eigenvalue weighted by Gasteiger charge is -2.12. The molecule has 4 nitrogen and oxygen atoms in total. The first-order valence-corrected chi connectivity index (χ1v) is 6.81. The van der Waals surface area contributed by atoms with Crippen LogP contribution in [0, 0.1) is 5.92 Å². The SMILES string of the molecule is COc1ccc(COCC2CCCC2)cc1B(O)O. The van der Waals surface area contributed by atoms with Crippen LogP contribution in [0.2, 0.25) is 0 Å². The van der Waals surface area contributed by atoms with Crippen LogP contribution in [0.15, 0.2) is 18.2 Å². The molecule has 104 valence electrons. The maximum absolute atomic E-state index is 9.29. The molecule has 0 atom stereocenters. The molecule has 0 unspecified atom stereocenters. The van der Waals surface area contributed by atoms with E-state index in [1.54, 1.807) is 12.1 Å². The van der Waals surface area contributed by atoms with E-state index in [4.69, 9.17) is 9.47 Å². The van der Waals surface area contributed by atoms with Gasteiger partial charge in [-0.3, -0.25) is 0 Å². The Morgan fingerprint density at radius 3 is 2.63 bits per heavy atom. The predicted molar refractivity (Wildman–Crippen MR) is 74.4 cm³/mol. The van der Waals surface area contributed by atoms with E-state index < -0.39 is 7.12 Å². The maximum atomic E-state index is 9.29. The van der Waals surface area contributed by atoms with E-state index in [1.165, 1.54) is 32.8 Å². The number of methoxy groups -OCH3 is 1. The first kappa shape index (κ1) is 14.4. The van der Waals surface area contributed by atoms with Crippen molar-refractivity contribution in [2.45, 2.75) is 32.3 Å². The third-order valence-electron chi connectivity index (χ3n) is 3.67. The molecule has 0 bridgehead atoms. The molecule has 1 aliphatic carbocycles. The molecule has 0 radical (unpaired) electrons. The van der Waals surface area contributed by atoms with Gasteiger partial charge in [-0.2, -0.15) is 0 Å². The van der Waals surface area contributed by atoms with Gasteiger partial charge in [0, 0.05) is 12.1 Å². The molecule has 1 aliphatic rings. The molecule has 0 amide bonds. The summed E-state index contributed by atoms with van der Waals surface area (Å²) in [5.41, 5.74) is 1.31. The molecule has 0 spiro atoms. The fourth-order valence-corrected chi connectivity index (χ4v) is 2.60. The summed E-state index contributed by atoms with van der Waals surface area (Å²) in [5, 5.41) is 18.6. The van der Waals surface area contributed by atoms with Gasteiger partial charge in [-0.05, 0) is 30.4 Å². The summed E-state index contributed by atoms with van der Waals surface area (Å²) in [6, 6.07) is 5.35. The largest absolute Gasteiger partial charge is 0.497 e. The van der Waals surface area contributed by atoms with E-state index in [0.29, 0.717) is 23.7 Å². The lowest BCUT2D eigenvalue weighted by molar-refractivity contribution is 0.0889. The predicted octanol–water partition coefficient (Wildman–Crippen LogP) is 1.08. The van der Waals surface area contributed by atoms with Crippen molar-refractivity contribution in [3.8, 4) is 5.75 Å². The second-order valence-corrected chi connectivity index (χ2v) is 5.12. The number of hydrogen-bond acceptors (Lipinski definition) is 4. The summed E-state index contributed by atoms with van der Waals surface area (Å²) < 4.78 is 10.8. The minimum Gasteiger partial charge on any atom is -0.497 e. The van der Waals surface area contributed by atoms with Crippen molar-refractivity contribution >= 4 is 12.6 Å². The molecule has 0 saturated heterocycles. The highest BCUT2D eigenvalue weighted by Gasteiger charge is 2.18. The minimum absolute atomic E-state index is 0.379. The Labute approximate surface area is 114 Å². The normalized spacial score (nSPS) is 15.7. The van der Waals surface area contributed by atoms with Gasteiger partial charge in [0.1, 0.15) is 5.75 Å². The molecule has 0 heterocycles. The van der Waals surface area contributed by atoms with Crippen molar-refractivity contribution in [1.29, 1.82) is 0 Å². The van der Waals surface area contributed by atoms with Crippen LogP contribution in [-0.4, -0.2) is 30.9 Å². The van der Waals surface area contributed by atoms with Gasteiger partial charge < -0.3 is 19.5 Å². The number of hydrogen-bond donors (Lipinski definition) is 2. The summed E-state index contributed by atoms with van der Waals surface area (Å²) in [5.74, 6) is 1.18. The summed E-state index contributed by atoms with van der Waals surface area (Å²) in [6.07, 6.45) is 5.17. The van der Waals surface area contributed by atoms with E-state index in [0.717, 1.165) is 12.2 Å².